The van der Waals surface area contributed by atoms with Crippen LogP contribution in [-0.4, -0.2) is 42.7 Å². The summed E-state index contributed by atoms with van der Waals surface area (Å²) in [5.41, 5.74) is 0.0210. The lowest BCUT2D eigenvalue weighted by Gasteiger charge is -2.41. The van der Waals surface area contributed by atoms with Gasteiger partial charge in [0.1, 0.15) is 0 Å². The van der Waals surface area contributed by atoms with Crippen molar-refractivity contribution in [3.05, 3.63) is 0 Å². The lowest BCUT2D eigenvalue weighted by molar-refractivity contribution is 0.0592. The maximum absolute atomic E-state index is 13.3. The van der Waals surface area contributed by atoms with Crippen LogP contribution in [0, 0.1) is 5.41 Å². The molecule has 1 atom stereocenters. The normalized spacial score (nSPS) is 20.5. The van der Waals surface area contributed by atoms with Crippen LogP contribution in [-0.2, 0) is 13.8 Å². The Kier molecular flexibility index (Phi) is 8.88. The largest absolute Gasteiger partial charge is 0.379 e. The Labute approximate surface area is 126 Å². The predicted octanol–water partition coefficient (Wildman–Crippen LogP) is 4.65. The van der Waals surface area contributed by atoms with Crippen LogP contribution in [0.4, 0.5) is 0 Å². The first-order valence-corrected chi connectivity index (χ1v) is 8.22. The summed E-state index contributed by atoms with van der Waals surface area (Å²) < 4.78 is 26.5. The van der Waals surface area contributed by atoms with E-state index in [1.165, 1.54) is 0 Å². The molecule has 5 heteroatoms. The van der Waals surface area contributed by atoms with Gasteiger partial charge in [0.15, 0.2) is 0 Å². The van der Waals surface area contributed by atoms with Gasteiger partial charge in [-0.15, -0.1) is 0 Å². The molecule has 0 aromatic carbocycles. The van der Waals surface area contributed by atoms with E-state index in [9.17, 15) is 4.57 Å². The predicted molar refractivity (Wildman–Crippen MR) is 88.6 cm³/mol. The molecule has 0 aliphatic carbocycles. The first-order valence-electron chi connectivity index (χ1n) is 6.64. The molecule has 1 heterocycles. The van der Waals surface area contributed by atoms with Gasteiger partial charge in [-0.05, 0) is 26.2 Å². The molecule has 0 bridgehead atoms. The third kappa shape index (κ3) is 5.85. The quantitative estimate of drug-likeness (QED) is 0.712. The molecule has 0 radical (unpaired) electrons. The minimum absolute atomic E-state index is 0. The Bertz CT molecular complexity index is 312. The zero-order valence-electron chi connectivity index (χ0n) is 12.7. The average Bonchev–Trinajstić information content (AvgIpc) is 2.24. The third-order valence-electron chi connectivity index (χ3n) is 2.88. The summed E-state index contributed by atoms with van der Waals surface area (Å²) in [5.74, 6) is 0. The zero-order valence-corrected chi connectivity index (χ0v) is 13.5. The SMILES string of the molecule is C.C.CC(C)(C)COP(=O)(N1CCOCC1)C(C)(C)C. The summed E-state index contributed by atoms with van der Waals surface area (Å²) in [4.78, 5) is 0. The molecule has 20 heavy (non-hydrogen) atoms. The molecule has 0 N–H and O–H groups in total. The van der Waals surface area contributed by atoms with Gasteiger partial charge in [0.25, 0.3) is 7.52 Å². The average molecular weight is 309 g/mol. The van der Waals surface area contributed by atoms with Crippen molar-refractivity contribution >= 4 is 7.52 Å². The highest BCUT2D eigenvalue weighted by Crippen LogP contribution is 2.62. The monoisotopic (exact) mass is 309 g/mol. The van der Waals surface area contributed by atoms with E-state index < -0.39 is 7.52 Å². The molecule has 1 saturated heterocycles. The first-order chi connectivity index (χ1) is 8.06. The molecule has 0 amide bonds. The van der Waals surface area contributed by atoms with Crippen molar-refractivity contribution in [2.45, 2.75) is 61.6 Å². The zero-order chi connectivity index (χ0) is 14.0. The second-order valence-electron chi connectivity index (χ2n) is 7.09. The number of rotatable bonds is 3. The standard InChI is InChI=1S/C13H28NO3P.2CH4/c1-12(2,3)11-17-18(15,13(4,5)6)14-7-9-16-10-8-14;;/h7-11H2,1-6H3;2*1H4. The molecular formula is C15H36NO3P. The fraction of sp³-hybridized carbons (Fsp3) is 1.00. The third-order valence-corrected chi connectivity index (χ3v) is 6.20. The van der Waals surface area contributed by atoms with Crippen LogP contribution >= 0.6 is 7.52 Å². The fourth-order valence-corrected chi connectivity index (χ4v) is 4.45. The molecule has 0 aromatic rings. The Morgan fingerprint density at radius 3 is 1.85 bits per heavy atom. The van der Waals surface area contributed by atoms with E-state index in [4.69, 9.17) is 9.26 Å². The van der Waals surface area contributed by atoms with Crippen molar-refractivity contribution < 1.29 is 13.8 Å². The van der Waals surface area contributed by atoms with Crippen molar-refractivity contribution in [3.8, 4) is 0 Å². The molecule has 0 aromatic heterocycles. The maximum Gasteiger partial charge on any atom is 0.277 e. The molecule has 1 unspecified atom stereocenters. The van der Waals surface area contributed by atoms with Crippen LogP contribution in [0.3, 0.4) is 0 Å². The van der Waals surface area contributed by atoms with Crippen LogP contribution in [0.1, 0.15) is 56.4 Å². The van der Waals surface area contributed by atoms with Gasteiger partial charge in [0, 0.05) is 13.1 Å². The highest BCUT2D eigenvalue weighted by atomic mass is 31.2. The Morgan fingerprint density at radius 1 is 1.05 bits per heavy atom. The molecule has 1 aliphatic rings. The second kappa shape index (κ2) is 7.93. The van der Waals surface area contributed by atoms with E-state index >= 15 is 0 Å². The number of ether oxygens (including phenoxy) is 1. The van der Waals surface area contributed by atoms with Crippen molar-refractivity contribution in [2.24, 2.45) is 5.41 Å². The van der Waals surface area contributed by atoms with E-state index in [0.717, 1.165) is 0 Å². The molecule has 0 spiro atoms. The van der Waals surface area contributed by atoms with Crippen LogP contribution in [0.5, 0.6) is 0 Å². The summed E-state index contributed by atoms with van der Waals surface area (Å²) in [5, 5.41) is -0.365. The van der Waals surface area contributed by atoms with Crippen molar-refractivity contribution in [1.29, 1.82) is 0 Å². The number of morpholine rings is 1. The number of hydrogen-bond donors (Lipinski definition) is 0. The number of nitrogens with zero attached hydrogens (tertiary/aromatic N) is 1. The summed E-state index contributed by atoms with van der Waals surface area (Å²) in [6, 6.07) is 0. The fourth-order valence-electron chi connectivity index (χ4n) is 1.80. The van der Waals surface area contributed by atoms with Crippen molar-refractivity contribution in [3.63, 3.8) is 0 Å². The lowest BCUT2D eigenvalue weighted by Crippen LogP contribution is -2.40. The Balaban J connectivity index is 0. The maximum atomic E-state index is 13.3. The topological polar surface area (TPSA) is 38.8 Å². The van der Waals surface area contributed by atoms with Gasteiger partial charge in [-0.1, -0.05) is 35.6 Å². The molecule has 124 valence electrons. The van der Waals surface area contributed by atoms with Gasteiger partial charge < -0.3 is 9.26 Å². The van der Waals surface area contributed by atoms with E-state index in [2.05, 4.69) is 20.8 Å². The summed E-state index contributed by atoms with van der Waals surface area (Å²) >= 11 is 0. The molecule has 0 saturated carbocycles. The van der Waals surface area contributed by atoms with Crippen LogP contribution in [0.25, 0.3) is 0 Å². The van der Waals surface area contributed by atoms with Gasteiger partial charge in [0.2, 0.25) is 0 Å². The van der Waals surface area contributed by atoms with Crippen molar-refractivity contribution in [1.82, 2.24) is 4.67 Å². The molecule has 1 aliphatic heterocycles. The van der Waals surface area contributed by atoms with Crippen LogP contribution < -0.4 is 0 Å². The van der Waals surface area contributed by atoms with Gasteiger partial charge >= 0.3 is 0 Å². The van der Waals surface area contributed by atoms with Gasteiger partial charge in [-0.3, -0.25) is 4.57 Å². The summed E-state index contributed by atoms with van der Waals surface area (Å²) in [7, 11) is -2.82. The molecule has 1 rings (SSSR count). The summed E-state index contributed by atoms with van der Waals surface area (Å²) in [6.07, 6.45) is 0. The molecule has 1 fully saturated rings. The minimum atomic E-state index is -2.82. The van der Waals surface area contributed by atoms with Crippen LogP contribution in [0.2, 0.25) is 0 Å². The minimum Gasteiger partial charge on any atom is -0.379 e. The molecule has 4 nitrogen and oxygen atoms in total. The van der Waals surface area contributed by atoms with Gasteiger partial charge in [-0.25, -0.2) is 4.67 Å². The highest BCUT2D eigenvalue weighted by Gasteiger charge is 2.44. The van der Waals surface area contributed by atoms with Crippen LogP contribution in [0.15, 0.2) is 0 Å². The first kappa shape index (κ1) is 22.4. The van der Waals surface area contributed by atoms with E-state index in [1.807, 2.05) is 25.4 Å². The van der Waals surface area contributed by atoms with Gasteiger partial charge in [0.05, 0.1) is 25.0 Å². The van der Waals surface area contributed by atoms with E-state index in [1.54, 1.807) is 0 Å². The Morgan fingerprint density at radius 2 is 1.50 bits per heavy atom. The lowest BCUT2D eigenvalue weighted by atomic mass is 9.99. The molecular weight excluding hydrogens is 273 g/mol. The smallest absolute Gasteiger partial charge is 0.277 e. The highest BCUT2D eigenvalue weighted by molar-refractivity contribution is 7.58. The van der Waals surface area contributed by atoms with E-state index in [-0.39, 0.29) is 25.4 Å². The van der Waals surface area contributed by atoms with Gasteiger partial charge in [-0.2, -0.15) is 0 Å². The van der Waals surface area contributed by atoms with E-state index in [0.29, 0.717) is 32.9 Å². The second-order valence-corrected chi connectivity index (χ2v) is 10.3. The van der Waals surface area contributed by atoms with Crippen molar-refractivity contribution in [2.75, 3.05) is 32.9 Å². The Hall–Kier alpha value is 0.110. The summed E-state index contributed by atoms with van der Waals surface area (Å²) in [6.45, 7) is 15.4. The number of hydrogen-bond acceptors (Lipinski definition) is 3.